The number of hydrogen-bond donors (Lipinski definition) is 2. The molecule has 12 heteroatoms. The number of pyridine rings is 1. The number of aromatic nitrogens is 3. The molecule has 1 aromatic carbocycles. The van der Waals surface area contributed by atoms with Gasteiger partial charge in [-0.15, -0.1) is 10.2 Å². The molecule has 0 saturated carbocycles. The lowest BCUT2D eigenvalue weighted by atomic mass is 9.75. The molecule has 1 aliphatic heterocycles. The SMILES string of the molecule is CC(C)c1ccc(C2C(C#N)=C(N)N(c3nnc(SCC(=O)Nc4ccc(Br)cn4)s3)C3=C2C(=O)CCC3)cc1. The number of carbonyl (C=O) groups is 2. The Balaban J connectivity index is 1.41. The summed E-state index contributed by atoms with van der Waals surface area (Å²) in [7, 11) is 0. The molecule has 2 aromatic heterocycles. The number of Topliss-reactive ketones (excluding diaryl/α,β-unsaturated/α-hetero) is 1. The quantitative estimate of drug-likeness (QED) is 0.306. The van der Waals surface area contributed by atoms with Crippen LogP contribution < -0.4 is 16.0 Å². The third-order valence-corrected chi connectivity index (χ3v) is 9.27. The normalized spacial score (nSPS) is 17.2. The molecule has 5 rings (SSSR count). The number of amides is 1. The van der Waals surface area contributed by atoms with E-state index in [1.165, 1.54) is 28.7 Å². The molecule has 1 aliphatic carbocycles. The van der Waals surface area contributed by atoms with E-state index in [4.69, 9.17) is 5.73 Å². The van der Waals surface area contributed by atoms with Crippen LogP contribution in [0.2, 0.25) is 0 Å². The summed E-state index contributed by atoms with van der Waals surface area (Å²) in [5.41, 5.74) is 10.4. The fourth-order valence-corrected chi connectivity index (χ4v) is 6.73. The molecular weight excluding hydrogens is 610 g/mol. The molecule has 3 aromatic rings. The van der Waals surface area contributed by atoms with Gasteiger partial charge in [0.05, 0.1) is 23.3 Å². The van der Waals surface area contributed by atoms with Crippen LogP contribution in [0, 0.1) is 11.3 Å². The van der Waals surface area contributed by atoms with E-state index in [1.54, 1.807) is 23.2 Å². The number of anilines is 2. The minimum atomic E-state index is -0.525. The van der Waals surface area contributed by atoms with Crippen LogP contribution in [0.25, 0.3) is 0 Å². The van der Waals surface area contributed by atoms with Crippen LogP contribution in [-0.2, 0) is 9.59 Å². The molecule has 1 amide bonds. The molecule has 9 nitrogen and oxygen atoms in total. The van der Waals surface area contributed by atoms with Crippen LogP contribution in [0.5, 0.6) is 0 Å². The lowest BCUT2D eigenvalue weighted by molar-refractivity contribution is -0.116. The maximum atomic E-state index is 13.3. The second kappa shape index (κ2) is 11.9. The van der Waals surface area contributed by atoms with Gasteiger partial charge in [0.2, 0.25) is 11.0 Å². The average Bonchev–Trinajstić information content (AvgIpc) is 3.41. The van der Waals surface area contributed by atoms with Gasteiger partial charge in [-0.05, 0) is 57.9 Å². The van der Waals surface area contributed by atoms with Gasteiger partial charge in [0, 0.05) is 28.4 Å². The van der Waals surface area contributed by atoms with Crippen molar-refractivity contribution in [3.05, 3.63) is 80.9 Å². The van der Waals surface area contributed by atoms with E-state index in [0.29, 0.717) is 51.6 Å². The Morgan fingerprint density at radius 2 is 2.02 bits per heavy atom. The van der Waals surface area contributed by atoms with E-state index in [1.807, 2.05) is 24.3 Å². The van der Waals surface area contributed by atoms with Crippen molar-refractivity contribution in [3.8, 4) is 6.07 Å². The molecule has 40 heavy (non-hydrogen) atoms. The zero-order valence-electron chi connectivity index (χ0n) is 21.8. The topological polar surface area (TPSA) is 138 Å². The predicted octanol–water partition coefficient (Wildman–Crippen LogP) is 5.85. The molecule has 0 spiro atoms. The van der Waals surface area contributed by atoms with Gasteiger partial charge in [0.25, 0.3) is 0 Å². The number of hydrogen-bond acceptors (Lipinski definition) is 10. The first-order chi connectivity index (χ1) is 19.3. The summed E-state index contributed by atoms with van der Waals surface area (Å²) in [4.78, 5) is 31.6. The van der Waals surface area contributed by atoms with Crippen LogP contribution in [0.1, 0.15) is 56.1 Å². The van der Waals surface area contributed by atoms with Crippen LogP contribution in [0.4, 0.5) is 10.9 Å². The van der Waals surface area contributed by atoms with Crippen molar-refractivity contribution in [2.24, 2.45) is 5.73 Å². The number of nitrogens with zero attached hydrogens (tertiary/aromatic N) is 5. The number of nitriles is 1. The van der Waals surface area contributed by atoms with Crippen LogP contribution in [0.3, 0.4) is 0 Å². The van der Waals surface area contributed by atoms with Gasteiger partial charge in [-0.2, -0.15) is 5.26 Å². The summed E-state index contributed by atoms with van der Waals surface area (Å²) in [5.74, 6) is 0.449. The van der Waals surface area contributed by atoms with Gasteiger partial charge in [0.15, 0.2) is 10.1 Å². The van der Waals surface area contributed by atoms with E-state index in [-0.39, 0.29) is 23.3 Å². The maximum absolute atomic E-state index is 13.3. The molecule has 2 aliphatic rings. The number of thioether (sulfide) groups is 1. The first-order valence-corrected chi connectivity index (χ1v) is 15.3. The lowest BCUT2D eigenvalue weighted by Gasteiger charge is -2.38. The van der Waals surface area contributed by atoms with E-state index in [9.17, 15) is 14.9 Å². The number of benzene rings is 1. The van der Waals surface area contributed by atoms with Crippen molar-refractivity contribution in [2.45, 2.75) is 49.3 Å². The molecule has 1 unspecified atom stereocenters. The Morgan fingerprint density at radius 1 is 1.25 bits per heavy atom. The smallest absolute Gasteiger partial charge is 0.235 e. The first kappa shape index (κ1) is 28.0. The van der Waals surface area contributed by atoms with Gasteiger partial charge in [-0.3, -0.25) is 14.5 Å². The van der Waals surface area contributed by atoms with Crippen molar-refractivity contribution >= 4 is 61.7 Å². The zero-order chi connectivity index (χ0) is 28.4. The fraction of sp³-hybridized carbons (Fsp3) is 0.286. The number of rotatable bonds is 7. The predicted molar refractivity (Wildman–Crippen MR) is 160 cm³/mol. The Hall–Kier alpha value is -3.53. The standard InChI is InChI=1S/C28H26BrN7O2S2/c1-15(2)16-6-8-17(9-7-16)24-19(12-30)26(31)36(20-4-3-5-21(37)25(20)24)27-34-35-28(40-27)39-14-23(38)33-22-11-10-18(29)13-32-22/h6-11,13,15,24H,3-5,14,31H2,1-2H3,(H,32,33,38). The summed E-state index contributed by atoms with van der Waals surface area (Å²) in [6.07, 6.45) is 3.35. The van der Waals surface area contributed by atoms with E-state index in [2.05, 4.69) is 56.3 Å². The van der Waals surface area contributed by atoms with Crippen LogP contribution >= 0.6 is 39.0 Å². The van der Waals surface area contributed by atoms with E-state index >= 15 is 0 Å². The third kappa shape index (κ3) is 5.68. The molecule has 3 N–H and O–H groups in total. The van der Waals surface area contributed by atoms with Gasteiger partial charge < -0.3 is 11.1 Å². The first-order valence-electron chi connectivity index (χ1n) is 12.7. The van der Waals surface area contributed by atoms with Gasteiger partial charge >= 0.3 is 0 Å². The largest absolute Gasteiger partial charge is 0.384 e. The molecule has 0 radical (unpaired) electrons. The molecule has 204 valence electrons. The number of nitrogens with two attached hydrogens (primary N) is 1. The summed E-state index contributed by atoms with van der Waals surface area (Å²) in [5, 5.41) is 22.0. The van der Waals surface area contributed by atoms with Crippen molar-refractivity contribution in [1.29, 1.82) is 5.26 Å². The highest BCUT2D eigenvalue weighted by Gasteiger charge is 2.41. The van der Waals surface area contributed by atoms with Crippen molar-refractivity contribution in [3.63, 3.8) is 0 Å². The molecule has 3 heterocycles. The van der Waals surface area contributed by atoms with Gasteiger partial charge in [-0.25, -0.2) is 4.98 Å². The van der Waals surface area contributed by atoms with E-state index in [0.717, 1.165) is 15.7 Å². The molecular formula is C28H26BrN7O2S2. The highest BCUT2D eigenvalue weighted by atomic mass is 79.9. The average molecular weight is 637 g/mol. The highest BCUT2D eigenvalue weighted by molar-refractivity contribution is 9.10. The number of halogens is 1. The summed E-state index contributed by atoms with van der Waals surface area (Å²) < 4.78 is 1.39. The number of allylic oxidation sites excluding steroid dienone is 3. The molecule has 0 bridgehead atoms. The highest BCUT2D eigenvalue weighted by Crippen LogP contribution is 2.47. The van der Waals surface area contributed by atoms with Crippen LogP contribution in [0.15, 0.2) is 74.1 Å². The van der Waals surface area contributed by atoms with Crippen LogP contribution in [-0.4, -0.2) is 32.6 Å². The minimum Gasteiger partial charge on any atom is -0.384 e. The Kier molecular flexibility index (Phi) is 8.35. The Morgan fingerprint density at radius 3 is 2.70 bits per heavy atom. The molecule has 1 atom stereocenters. The van der Waals surface area contributed by atoms with Crippen molar-refractivity contribution < 1.29 is 9.59 Å². The second-order valence-corrected chi connectivity index (χ2v) is 12.8. The second-order valence-electron chi connectivity index (χ2n) is 9.69. The Labute approximate surface area is 248 Å². The van der Waals surface area contributed by atoms with E-state index < -0.39 is 5.92 Å². The summed E-state index contributed by atoms with van der Waals surface area (Å²) >= 11 is 5.82. The Bertz CT molecular complexity index is 1560. The third-order valence-electron chi connectivity index (χ3n) is 6.76. The summed E-state index contributed by atoms with van der Waals surface area (Å²) in [6, 6.07) is 13.8. The summed E-state index contributed by atoms with van der Waals surface area (Å²) in [6.45, 7) is 4.25. The van der Waals surface area contributed by atoms with Gasteiger partial charge in [-0.1, -0.05) is 61.2 Å². The number of ketones is 1. The number of nitrogens with one attached hydrogen (secondary N) is 1. The number of carbonyl (C=O) groups excluding carboxylic acids is 2. The fourth-order valence-electron chi connectivity index (χ4n) is 4.82. The lowest BCUT2D eigenvalue weighted by Crippen LogP contribution is -2.38. The molecule has 0 fully saturated rings. The zero-order valence-corrected chi connectivity index (χ0v) is 25.1. The van der Waals surface area contributed by atoms with Gasteiger partial charge in [0.1, 0.15) is 11.6 Å². The maximum Gasteiger partial charge on any atom is 0.235 e. The van der Waals surface area contributed by atoms with Crippen molar-refractivity contribution in [2.75, 3.05) is 16.0 Å². The van der Waals surface area contributed by atoms with Crippen molar-refractivity contribution in [1.82, 2.24) is 15.2 Å². The minimum absolute atomic E-state index is 0.0155. The monoisotopic (exact) mass is 635 g/mol. The molecule has 0 saturated heterocycles.